The first kappa shape index (κ1) is 12.9. The van der Waals surface area contributed by atoms with Crippen molar-refractivity contribution in [2.75, 3.05) is 6.61 Å². The maximum absolute atomic E-state index is 11.4. The number of hydrogen-bond donors (Lipinski definition) is 1. The normalized spacial score (nSPS) is 26.9. The Morgan fingerprint density at radius 3 is 2.95 bits per heavy atom. The summed E-state index contributed by atoms with van der Waals surface area (Å²) in [7, 11) is 0. The van der Waals surface area contributed by atoms with Gasteiger partial charge in [-0.05, 0) is 53.1 Å². The van der Waals surface area contributed by atoms with Crippen molar-refractivity contribution in [3.05, 3.63) is 64.7 Å². The molecule has 0 bridgehead atoms. The van der Waals surface area contributed by atoms with Gasteiger partial charge in [0.15, 0.2) is 0 Å². The third-order valence-corrected chi connectivity index (χ3v) is 5.04. The Kier molecular flexibility index (Phi) is 2.83. The predicted molar refractivity (Wildman–Crippen MR) is 82.7 cm³/mol. The summed E-state index contributed by atoms with van der Waals surface area (Å²) in [5, 5.41) is 11.4. The SMILES string of the molecule is CC1CCC(O)(c2ccc3c(c2)CCO3)c2ccccc21. The standard InChI is InChI=1S/C19H20O2/c1-13-8-10-19(20,17-5-3-2-4-16(13)17)15-6-7-18-14(12-15)9-11-21-18/h2-7,12-13,20H,8-11H2,1H3. The van der Waals surface area contributed by atoms with Gasteiger partial charge in [-0.25, -0.2) is 0 Å². The minimum atomic E-state index is -0.860. The van der Waals surface area contributed by atoms with Crippen LogP contribution in [0.25, 0.3) is 0 Å². The Bertz CT molecular complexity index is 692. The molecule has 1 aliphatic carbocycles. The molecule has 4 rings (SSSR count). The van der Waals surface area contributed by atoms with Crippen LogP contribution in [0.5, 0.6) is 5.75 Å². The summed E-state index contributed by atoms with van der Waals surface area (Å²) >= 11 is 0. The Hall–Kier alpha value is -1.80. The molecule has 21 heavy (non-hydrogen) atoms. The largest absolute Gasteiger partial charge is 0.493 e. The Morgan fingerprint density at radius 2 is 2.05 bits per heavy atom. The first-order chi connectivity index (χ1) is 10.2. The fourth-order valence-electron chi connectivity index (χ4n) is 3.76. The van der Waals surface area contributed by atoms with Crippen molar-refractivity contribution >= 4 is 0 Å². The van der Waals surface area contributed by atoms with Crippen molar-refractivity contribution in [3.63, 3.8) is 0 Å². The highest BCUT2D eigenvalue weighted by atomic mass is 16.5. The van der Waals surface area contributed by atoms with Gasteiger partial charge in [-0.1, -0.05) is 37.3 Å². The lowest BCUT2D eigenvalue weighted by Gasteiger charge is -2.38. The fraction of sp³-hybridized carbons (Fsp3) is 0.368. The summed E-state index contributed by atoms with van der Waals surface area (Å²) in [6.07, 6.45) is 2.74. The summed E-state index contributed by atoms with van der Waals surface area (Å²) in [6.45, 7) is 3.00. The van der Waals surface area contributed by atoms with E-state index in [1.807, 2.05) is 18.2 Å². The summed E-state index contributed by atoms with van der Waals surface area (Å²) in [5.41, 5.74) is 3.72. The zero-order valence-electron chi connectivity index (χ0n) is 12.3. The molecule has 1 N–H and O–H groups in total. The molecule has 0 amide bonds. The van der Waals surface area contributed by atoms with Crippen LogP contribution in [0.3, 0.4) is 0 Å². The van der Waals surface area contributed by atoms with Crippen LogP contribution in [0.1, 0.15) is 47.9 Å². The third-order valence-electron chi connectivity index (χ3n) is 5.04. The van der Waals surface area contributed by atoms with Gasteiger partial charge in [0.25, 0.3) is 0 Å². The predicted octanol–water partition coefficient (Wildman–Crippen LogP) is 3.75. The molecule has 1 aliphatic heterocycles. The van der Waals surface area contributed by atoms with Crippen molar-refractivity contribution in [2.24, 2.45) is 0 Å². The molecule has 2 heteroatoms. The van der Waals surface area contributed by atoms with Crippen LogP contribution in [-0.4, -0.2) is 11.7 Å². The number of benzene rings is 2. The molecule has 2 aromatic carbocycles. The van der Waals surface area contributed by atoms with E-state index < -0.39 is 5.60 Å². The highest BCUT2D eigenvalue weighted by Gasteiger charge is 2.38. The average molecular weight is 280 g/mol. The molecule has 2 atom stereocenters. The lowest BCUT2D eigenvalue weighted by molar-refractivity contribution is 0.0579. The minimum Gasteiger partial charge on any atom is -0.493 e. The zero-order chi connectivity index (χ0) is 14.4. The first-order valence-corrected chi connectivity index (χ1v) is 7.76. The number of rotatable bonds is 1. The van der Waals surface area contributed by atoms with E-state index >= 15 is 0 Å². The van der Waals surface area contributed by atoms with Gasteiger partial charge < -0.3 is 9.84 Å². The Morgan fingerprint density at radius 1 is 1.19 bits per heavy atom. The minimum absolute atomic E-state index is 0.513. The molecule has 0 fully saturated rings. The van der Waals surface area contributed by atoms with Gasteiger partial charge in [0.1, 0.15) is 11.4 Å². The molecule has 0 saturated heterocycles. The number of aliphatic hydroxyl groups is 1. The first-order valence-electron chi connectivity index (χ1n) is 7.76. The molecule has 0 radical (unpaired) electrons. The maximum Gasteiger partial charge on any atom is 0.122 e. The molecule has 2 nitrogen and oxygen atoms in total. The van der Waals surface area contributed by atoms with E-state index in [-0.39, 0.29) is 0 Å². The van der Waals surface area contributed by atoms with Crippen LogP contribution in [0.4, 0.5) is 0 Å². The van der Waals surface area contributed by atoms with Crippen LogP contribution in [0, 0.1) is 0 Å². The van der Waals surface area contributed by atoms with E-state index in [0.717, 1.165) is 42.7 Å². The topological polar surface area (TPSA) is 29.5 Å². The second-order valence-electron chi connectivity index (χ2n) is 6.31. The average Bonchev–Trinajstić information content (AvgIpc) is 2.99. The van der Waals surface area contributed by atoms with E-state index in [9.17, 15) is 5.11 Å². The van der Waals surface area contributed by atoms with Crippen molar-refractivity contribution in [1.29, 1.82) is 0 Å². The van der Waals surface area contributed by atoms with Crippen LogP contribution < -0.4 is 4.74 Å². The van der Waals surface area contributed by atoms with Crippen LogP contribution in [0.2, 0.25) is 0 Å². The van der Waals surface area contributed by atoms with E-state index in [1.165, 1.54) is 11.1 Å². The summed E-state index contributed by atoms with van der Waals surface area (Å²) in [6, 6.07) is 14.5. The molecule has 0 aromatic heterocycles. The van der Waals surface area contributed by atoms with Gasteiger partial charge in [-0.15, -0.1) is 0 Å². The number of hydrogen-bond acceptors (Lipinski definition) is 2. The van der Waals surface area contributed by atoms with Gasteiger partial charge in [0.2, 0.25) is 0 Å². The lowest BCUT2D eigenvalue weighted by Crippen LogP contribution is -2.33. The second kappa shape index (κ2) is 4.60. The molecule has 1 heterocycles. The van der Waals surface area contributed by atoms with E-state index in [0.29, 0.717) is 5.92 Å². The third kappa shape index (κ3) is 1.90. The summed E-state index contributed by atoms with van der Waals surface area (Å²) in [5.74, 6) is 1.49. The molecular weight excluding hydrogens is 260 g/mol. The van der Waals surface area contributed by atoms with Gasteiger partial charge in [-0.3, -0.25) is 0 Å². The summed E-state index contributed by atoms with van der Waals surface area (Å²) in [4.78, 5) is 0. The summed E-state index contributed by atoms with van der Waals surface area (Å²) < 4.78 is 5.58. The van der Waals surface area contributed by atoms with Crippen LogP contribution in [-0.2, 0) is 12.0 Å². The van der Waals surface area contributed by atoms with Crippen LogP contribution in [0.15, 0.2) is 42.5 Å². The quantitative estimate of drug-likeness (QED) is 0.862. The highest BCUT2D eigenvalue weighted by Crippen LogP contribution is 2.45. The zero-order valence-corrected chi connectivity index (χ0v) is 12.3. The highest BCUT2D eigenvalue weighted by molar-refractivity contribution is 5.48. The number of fused-ring (bicyclic) bond motifs is 2. The van der Waals surface area contributed by atoms with Crippen LogP contribution >= 0.6 is 0 Å². The molecule has 2 aliphatic rings. The van der Waals surface area contributed by atoms with Gasteiger partial charge in [-0.2, -0.15) is 0 Å². The Labute approximate surface area is 125 Å². The van der Waals surface area contributed by atoms with Gasteiger partial charge in [0, 0.05) is 6.42 Å². The van der Waals surface area contributed by atoms with Gasteiger partial charge in [0.05, 0.1) is 6.61 Å². The smallest absolute Gasteiger partial charge is 0.122 e. The molecule has 0 spiro atoms. The fourth-order valence-corrected chi connectivity index (χ4v) is 3.76. The molecule has 2 aromatic rings. The van der Waals surface area contributed by atoms with Crippen molar-refractivity contribution in [1.82, 2.24) is 0 Å². The molecule has 108 valence electrons. The van der Waals surface area contributed by atoms with E-state index in [4.69, 9.17) is 4.74 Å². The lowest BCUT2D eigenvalue weighted by atomic mass is 9.71. The van der Waals surface area contributed by atoms with E-state index in [2.05, 4.69) is 31.2 Å². The molecule has 0 saturated carbocycles. The second-order valence-corrected chi connectivity index (χ2v) is 6.31. The molecule has 2 unspecified atom stereocenters. The maximum atomic E-state index is 11.4. The van der Waals surface area contributed by atoms with E-state index in [1.54, 1.807) is 0 Å². The Balaban J connectivity index is 1.86. The monoisotopic (exact) mass is 280 g/mol. The number of ether oxygens (including phenoxy) is 1. The molecular formula is C19H20O2. The van der Waals surface area contributed by atoms with Crippen molar-refractivity contribution in [3.8, 4) is 5.75 Å². The van der Waals surface area contributed by atoms with Gasteiger partial charge >= 0.3 is 0 Å². The van der Waals surface area contributed by atoms with Crippen molar-refractivity contribution < 1.29 is 9.84 Å². The van der Waals surface area contributed by atoms with Crippen molar-refractivity contribution in [2.45, 2.75) is 37.7 Å².